The number of fused-ring (bicyclic) bond motifs is 1. The number of nitrogens with zero attached hydrogens (tertiary/aromatic N) is 3. The number of urea groups is 1. The van der Waals surface area contributed by atoms with Crippen LogP contribution < -0.4 is 10.6 Å². The third kappa shape index (κ3) is 2.38. The minimum atomic E-state index is -0.237. The molecule has 0 saturated carbocycles. The lowest BCUT2D eigenvalue weighted by atomic mass is 9.99. The lowest BCUT2D eigenvalue weighted by molar-refractivity contribution is 0.242. The summed E-state index contributed by atoms with van der Waals surface area (Å²) >= 11 is 0. The van der Waals surface area contributed by atoms with E-state index >= 15 is 0 Å². The van der Waals surface area contributed by atoms with E-state index < -0.39 is 0 Å². The molecule has 2 N–H and O–H groups in total. The first-order valence-electron chi connectivity index (χ1n) is 5.21. The molecule has 2 radical (unpaired) electrons. The van der Waals surface area contributed by atoms with E-state index in [-0.39, 0.29) is 6.03 Å². The molecule has 0 aliphatic rings. The molecule has 0 unspecified atom stereocenters. The van der Waals surface area contributed by atoms with Crippen molar-refractivity contribution < 1.29 is 4.79 Å². The van der Waals surface area contributed by atoms with Crippen molar-refractivity contribution in [3.63, 3.8) is 0 Å². The van der Waals surface area contributed by atoms with Crippen LogP contribution >= 0.6 is 0 Å². The lowest BCUT2D eigenvalue weighted by Crippen LogP contribution is -2.32. The molecule has 86 valence electrons. The fourth-order valence-corrected chi connectivity index (χ4v) is 1.46. The van der Waals surface area contributed by atoms with Crippen molar-refractivity contribution in [3.8, 4) is 0 Å². The van der Waals surface area contributed by atoms with Crippen LogP contribution in [0.15, 0.2) is 18.5 Å². The van der Waals surface area contributed by atoms with Crippen molar-refractivity contribution in [1.82, 2.24) is 25.2 Å². The smallest absolute Gasteiger partial charge is 0.314 e. The largest absolute Gasteiger partial charge is 0.341 e. The van der Waals surface area contributed by atoms with Gasteiger partial charge in [-0.2, -0.15) is 5.10 Å². The predicted molar refractivity (Wildman–Crippen MR) is 63.7 cm³/mol. The van der Waals surface area contributed by atoms with Crippen LogP contribution in [0.3, 0.4) is 0 Å². The van der Waals surface area contributed by atoms with Gasteiger partial charge in [0.25, 0.3) is 0 Å². The maximum absolute atomic E-state index is 11.1. The van der Waals surface area contributed by atoms with Gasteiger partial charge >= 0.3 is 6.03 Å². The first-order chi connectivity index (χ1) is 8.24. The van der Waals surface area contributed by atoms with E-state index in [0.29, 0.717) is 12.9 Å². The van der Waals surface area contributed by atoms with Gasteiger partial charge in [-0.1, -0.05) is 6.32 Å². The Bertz CT molecular complexity index is 538. The summed E-state index contributed by atoms with van der Waals surface area (Å²) in [5.74, 6) is 0. The standard InChI is InChI=1S/C10H12BN5O/c1-12-10(17)14-6-8-5-13-9-2-7(3-11)4-15-16(8)9/h2,4-5H,3,6H2,1H3,(H2,12,14,17). The van der Waals surface area contributed by atoms with Crippen molar-refractivity contribution in [2.45, 2.75) is 12.9 Å². The fourth-order valence-electron chi connectivity index (χ4n) is 1.46. The van der Waals surface area contributed by atoms with Gasteiger partial charge in [0.05, 0.1) is 32.5 Å². The lowest BCUT2D eigenvalue weighted by Gasteiger charge is -2.04. The summed E-state index contributed by atoms with van der Waals surface area (Å²) in [4.78, 5) is 15.3. The molecule has 2 aromatic rings. The zero-order chi connectivity index (χ0) is 12.3. The molecular weight excluding hydrogens is 217 g/mol. The highest BCUT2D eigenvalue weighted by molar-refractivity contribution is 6.08. The molecule has 2 aromatic heterocycles. The molecule has 2 heterocycles. The average Bonchev–Trinajstić information content (AvgIpc) is 2.77. The van der Waals surface area contributed by atoms with Crippen molar-refractivity contribution in [3.05, 3.63) is 29.7 Å². The topological polar surface area (TPSA) is 71.3 Å². The zero-order valence-corrected chi connectivity index (χ0v) is 9.47. The average molecular weight is 229 g/mol. The van der Waals surface area contributed by atoms with Gasteiger partial charge in [0.2, 0.25) is 0 Å². The second kappa shape index (κ2) is 4.86. The number of hydrogen-bond donors (Lipinski definition) is 2. The summed E-state index contributed by atoms with van der Waals surface area (Å²) in [7, 11) is 7.09. The van der Waals surface area contributed by atoms with E-state index in [2.05, 4.69) is 20.7 Å². The van der Waals surface area contributed by atoms with Crippen molar-refractivity contribution in [1.29, 1.82) is 0 Å². The molecule has 0 saturated heterocycles. The highest BCUT2D eigenvalue weighted by Crippen LogP contribution is 2.06. The van der Waals surface area contributed by atoms with Gasteiger partial charge in [0.1, 0.15) is 0 Å². The molecule has 6 nitrogen and oxygen atoms in total. The van der Waals surface area contributed by atoms with Crippen LogP contribution in [0.4, 0.5) is 4.79 Å². The third-order valence-corrected chi connectivity index (χ3v) is 2.38. The SMILES string of the molecule is [B]Cc1cnn2c(CNC(=O)NC)cnc2c1. The molecule has 2 amide bonds. The van der Waals surface area contributed by atoms with Crippen LogP contribution in [0.2, 0.25) is 0 Å². The molecule has 17 heavy (non-hydrogen) atoms. The Kier molecular flexibility index (Phi) is 3.27. The number of carbonyl (C=O) groups is 1. The summed E-state index contributed by atoms with van der Waals surface area (Å²) < 4.78 is 1.68. The second-order valence-corrected chi connectivity index (χ2v) is 3.52. The number of imidazole rings is 1. The summed E-state index contributed by atoms with van der Waals surface area (Å²) in [6.45, 7) is 0.371. The normalized spacial score (nSPS) is 10.4. The van der Waals surface area contributed by atoms with E-state index in [4.69, 9.17) is 7.85 Å². The summed E-state index contributed by atoms with van der Waals surface area (Å²) in [5.41, 5.74) is 2.46. The van der Waals surface area contributed by atoms with E-state index in [1.807, 2.05) is 6.07 Å². The summed E-state index contributed by atoms with van der Waals surface area (Å²) in [6.07, 6.45) is 3.80. The highest BCUT2D eigenvalue weighted by atomic mass is 16.2. The molecule has 0 aliphatic heterocycles. The Hall–Kier alpha value is -2.05. The van der Waals surface area contributed by atoms with E-state index in [1.165, 1.54) is 0 Å². The van der Waals surface area contributed by atoms with Crippen LogP contribution in [0, 0.1) is 0 Å². The van der Waals surface area contributed by atoms with Gasteiger partial charge in [-0.25, -0.2) is 14.3 Å². The summed E-state index contributed by atoms with van der Waals surface area (Å²) in [5, 5.41) is 9.38. The van der Waals surface area contributed by atoms with E-state index in [1.54, 1.807) is 24.0 Å². The number of hydrogen-bond acceptors (Lipinski definition) is 3. The molecule has 0 bridgehead atoms. The number of nitrogens with one attached hydrogen (secondary N) is 2. The van der Waals surface area contributed by atoms with Gasteiger partial charge in [-0.15, -0.1) is 0 Å². The van der Waals surface area contributed by atoms with Gasteiger partial charge < -0.3 is 10.6 Å². The summed E-state index contributed by atoms with van der Waals surface area (Å²) in [6, 6.07) is 1.63. The van der Waals surface area contributed by atoms with Crippen molar-refractivity contribution in [2.75, 3.05) is 7.05 Å². The highest BCUT2D eigenvalue weighted by Gasteiger charge is 2.05. The molecule has 0 spiro atoms. The fraction of sp³-hybridized carbons (Fsp3) is 0.300. The Morgan fingerprint density at radius 2 is 2.35 bits per heavy atom. The number of aromatic nitrogens is 3. The minimum absolute atomic E-state index is 0.237. The number of carbonyl (C=O) groups excluding carboxylic acids is 1. The van der Waals surface area contributed by atoms with Gasteiger partial charge in [0.15, 0.2) is 5.65 Å². The van der Waals surface area contributed by atoms with Crippen molar-refractivity contribution in [2.24, 2.45) is 0 Å². The zero-order valence-electron chi connectivity index (χ0n) is 9.47. The van der Waals surface area contributed by atoms with E-state index in [9.17, 15) is 4.79 Å². The Balaban J connectivity index is 2.21. The molecule has 2 rings (SSSR count). The first-order valence-corrected chi connectivity index (χ1v) is 5.21. The quantitative estimate of drug-likeness (QED) is 0.717. The van der Waals surface area contributed by atoms with Gasteiger partial charge in [-0.05, 0) is 11.6 Å². The van der Waals surface area contributed by atoms with Gasteiger partial charge in [0, 0.05) is 7.05 Å². The van der Waals surface area contributed by atoms with E-state index in [0.717, 1.165) is 16.9 Å². The predicted octanol–water partition coefficient (Wildman–Crippen LogP) is -0.173. The first kappa shape index (κ1) is 11.4. The Morgan fingerprint density at radius 3 is 3.06 bits per heavy atom. The maximum atomic E-state index is 11.1. The van der Waals surface area contributed by atoms with Crippen LogP contribution in [-0.4, -0.2) is 35.5 Å². The second-order valence-electron chi connectivity index (χ2n) is 3.52. The number of rotatable bonds is 3. The molecule has 0 fully saturated rings. The van der Waals surface area contributed by atoms with Crippen LogP contribution in [-0.2, 0) is 12.9 Å². The molecule has 7 heteroatoms. The Labute approximate surface area is 99.8 Å². The maximum Gasteiger partial charge on any atom is 0.314 e. The molecule has 0 atom stereocenters. The van der Waals surface area contributed by atoms with Crippen molar-refractivity contribution >= 4 is 19.5 Å². The number of amides is 2. The Morgan fingerprint density at radius 1 is 1.53 bits per heavy atom. The third-order valence-electron chi connectivity index (χ3n) is 2.38. The van der Waals surface area contributed by atoms with Gasteiger partial charge in [-0.3, -0.25) is 0 Å². The molecule has 0 aromatic carbocycles. The van der Waals surface area contributed by atoms with Crippen LogP contribution in [0.5, 0.6) is 0 Å². The van der Waals surface area contributed by atoms with Crippen LogP contribution in [0.25, 0.3) is 5.65 Å². The monoisotopic (exact) mass is 229 g/mol. The molecule has 0 aliphatic carbocycles. The molecular formula is C10H12BN5O. The minimum Gasteiger partial charge on any atom is -0.341 e. The van der Waals surface area contributed by atoms with Crippen LogP contribution in [0.1, 0.15) is 11.3 Å².